The summed E-state index contributed by atoms with van der Waals surface area (Å²) in [6.45, 7) is 0.472. The third-order valence-electron chi connectivity index (χ3n) is 2.56. The van der Waals surface area contributed by atoms with Crippen LogP contribution in [-0.4, -0.2) is 5.11 Å². The summed E-state index contributed by atoms with van der Waals surface area (Å²) in [7, 11) is 0. The summed E-state index contributed by atoms with van der Waals surface area (Å²) in [5.74, 6) is 0.608. The maximum absolute atomic E-state index is 8.94. The fourth-order valence-electron chi connectivity index (χ4n) is 1.54. The number of nitrogens with two attached hydrogens (primary N) is 1. The van der Waals surface area contributed by atoms with E-state index in [4.69, 9.17) is 27.2 Å². The molecule has 0 fully saturated rings. The first-order valence-electron chi connectivity index (χ1n) is 5.55. The van der Waals surface area contributed by atoms with Gasteiger partial charge >= 0.3 is 0 Å². The summed E-state index contributed by atoms with van der Waals surface area (Å²) in [4.78, 5) is 0. The SMILES string of the molecule is Nc1ccc(OCc2ccc(CO)cc2)c(Cl)c1. The Bertz CT molecular complexity index is 526. The van der Waals surface area contributed by atoms with E-state index in [1.807, 2.05) is 24.3 Å². The molecule has 0 heterocycles. The van der Waals surface area contributed by atoms with E-state index in [0.717, 1.165) is 11.1 Å². The molecule has 0 aliphatic heterocycles. The summed E-state index contributed by atoms with van der Waals surface area (Å²) in [6, 6.07) is 12.7. The third-order valence-corrected chi connectivity index (χ3v) is 2.85. The van der Waals surface area contributed by atoms with E-state index in [1.165, 1.54) is 0 Å². The predicted molar refractivity (Wildman–Crippen MR) is 72.6 cm³/mol. The number of aliphatic hydroxyl groups excluding tert-OH is 1. The van der Waals surface area contributed by atoms with Crippen LogP contribution in [0.5, 0.6) is 5.75 Å². The van der Waals surface area contributed by atoms with Gasteiger partial charge in [-0.3, -0.25) is 0 Å². The van der Waals surface area contributed by atoms with E-state index in [-0.39, 0.29) is 6.61 Å². The first-order valence-corrected chi connectivity index (χ1v) is 5.93. The topological polar surface area (TPSA) is 55.5 Å². The largest absolute Gasteiger partial charge is 0.487 e. The molecule has 0 bridgehead atoms. The van der Waals surface area contributed by atoms with E-state index in [1.54, 1.807) is 18.2 Å². The summed E-state index contributed by atoms with van der Waals surface area (Å²) in [5.41, 5.74) is 8.11. The number of benzene rings is 2. The van der Waals surface area contributed by atoms with Gasteiger partial charge in [0.05, 0.1) is 11.6 Å². The number of rotatable bonds is 4. The normalized spacial score (nSPS) is 10.3. The standard InChI is InChI=1S/C14H14ClNO2/c15-13-7-12(16)5-6-14(13)18-9-11-3-1-10(8-17)2-4-11/h1-7,17H,8-9,16H2. The van der Waals surface area contributed by atoms with Crippen molar-refractivity contribution in [1.29, 1.82) is 0 Å². The maximum atomic E-state index is 8.94. The van der Waals surface area contributed by atoms with Crippen LogP contribution in [0.3, 0.4) is 0 Å². The van der Waals surface area contributed by atoms with E-state index in [9.17, 15) is 0 Å². The fraction of sp³-hybridized carbons (Fsp3) is 0.143. The number of ether oxygens (including phenoxy) is 1. The van der Waals surface area contributed by atoms with Crippen molar-refractivity contribution < 1.29 is 9.84 Å². The highest BCUT2D eigenvalue weighted by Gasteiger charge is 2.02. The molecule has 94 valence electrons. The van der Waals surface area contributed by atoms with Gasteiger partial charge in [0.1, 0.15) is 12.4 Å². The van der Waals surface area contributed by atoms with Gasteiger partial charge in [0.25, 0.3) is 0 Å². The lowest BCUT2D eigenvalue weighted by atomic mass is 10.1. The molecule has 0 aliphatic carbocycles. The van der Waals surface area contributed by atoms with E-state index in [2.05, 4.69) is 0 Å². The van der Waals surface area contributed by atoms with Crippen molar-refractivity contribution in [3.05, 3.63) is 58.6 Å². The zero-order chi connectivity index (χ0) is 13.0. The fourth-order valence-corrected chi connectivity index (χ4v) is 1.78. The van der Waals surface area contributed by atoms with Crippen molar-refractivity contribution in [2.45, 2.75) is 13.2 Å². The predicted octanol–water partition coefficient (Wildman–Crippen LogP) is 2.99. The van der Waals surface area contributed by atoms with Crippen molar-refractivity contribution in [2.24, 2.45) is 0 Å². The second kappa shape index (κ2) is 5.76. The third kappa shape index (κ3) is 3.15. The van der Waals surface area contributed by atoms with Crippen LogP contribution in [0.1, 0.15) is 11.1 Å². The van der Waals surface area contributed by atoms with Crippen LogP contribution in [0.15, 0.2) is 42.5 Å². The molecule has 0 aromatic heterocycles. The molecule has 3 N–H and O–H groups in total. The molecular weight excluding hydrogens is 250 g/mol. The lowest BCUT2D eigenvalue weighted by Gasteiger charge is -2.09. The van der Waals surface area contributed by atoms with Crippen LogP contribution in [0.25, 0.3) is 0 Å². The summed E-state index contributed by atoms with van der Waals surface area (Å²) < 4.78 is 5.60. The minimum absolute atomic E-state index is 0.0466. The molecule has 0 atom stereocenters. The Morgan fingerprint density at radius 2 is 1.72 bits per heavy atom. The Kier molecular flexibility index (Phi) is 4.07. The van der Waals surface area contributed by atoms with Gasteiger partial charge in [-0.15, -0.1) is 0 Å². The van der Waals surface area contributed by atoms with Crippen LogP contribution in [0.2, 0.25) is 5.02 Å². The Balaban J connectivity index is 2.02. The van der Waals surface area contributed by atoms with Crippen molar-refractivity contribution in [2.75, 3.05) is 5.73 Å². The van der Waals surface area contributed by atoms with Gasteiger partial charge in [0.15, 0.2) is 0 Å². The quantitative estimate of drug-likeness (QED) is 0.834. The highest BCUT2D eigenvalue weighted by molar-refractivity contribution is 6.32. The van der Waals surface area contributed by atoms with Gasteiger partial charge in [-0.2, -0.15) is 0 Å². The summed E-state index contributed by atoms with van der Waals surface area (Å²) >= 11 is 6.01. The van der Waals surface area contributed by atoms with Gasteiger partial charge in [0.2, 0.25) is 0 Å². The summed E-state index contributed by atoms with van der Waals surface area (Å²) in [6.07, 6.45) is 0. The van der Waals surface area contributed by atoms with Gasteiger partial charge in [-0.1, -0.05) is 35.9 Å². The molecule has 18 heavy (non-hydrogen) atoms. The minimum atomic E-state index is 0.0466. The highest BCUT2D eigenvalue weighted by Crippen LogP contribution is 2.27. The average molecular weight is 264 g/mol. The number of hydrogen-bond acceptors (Lipinski definition) is 3. The highest BCUT2D eigenvalue weighted by atomic mass is 35.5. The Morgan fingerprint density at radius 3 is 2.33 bits per heavy atom. The smallest absolute Gasteiger partial charge is 0.138 e. The average Bonchev–Trinajstić information content (AvgIpc) is 2.38. The molecule has 0 amide bonds. The molecule has 2 aromatic carbocycles. The Morgan fingerprint density at radius 1 is 1.06 bits per heavy atom. The molecule has 0 saturated heterocycles. The number of halogens is 1. The Labute approximate surface area is 111 Å². The van der Waals surface area contributed by atoms with Gasteiger partial charge in [-0.25, -0.2) is 0 Å². The molecule has 0 saturated carbocycles. The Hall–Kier alpha value is -1.71. The summed E-state index contributed by atoms with van der Waals surface area (Å²) in [5, 5.41) is 9.44. The zero-order valence-corrected chi connectivity index (χ0v) is 10.5. The molecule has 2 aromatic rings. The van der Waals surface area contributed by atoms with Crippen molar-refractivity contribution in [3.8, 4) is 5.75 Å². The second-order valence-corrected chi connectivity index (χ2v) is 4.36. The van der Waals surface area contributed by atoms with E-state index < -0.39 is 0 Å². The van der Waals surface area contributed by atoms with Gasteiger partial charge < -0.3 is 15.6 Å². The number of aliphatic hydroxyl groups is 1. The first-order chi connectivity index (χ1) is 8.69. The number of anilines is 1. The maximum Gasteiger partial charge on any atom is 0.138 e. The first kappa shape index (κ1) is 12.7. The lowest BCUT2D eigenvalue weighted by Crippen LogP contribution is -1.97. The second-order valence-electron chi connectivity index (χ2n) is 3.95. The molecule has 0 radical (unpaired) electrons. The number of nitrogen functional groups attached to an aromatic ring is 1. The molecular formula is C14H14ClNO2. The van der Waals surface area contributed by atoms with E-state index >= 15 is 0 Å². The molecule has 0 unspecified atom stereocenters. The van der Waals surface area contributed by atoms with Crippen molar-refractivity contribution in [1.82, 2.24) is 0 Å². The molecule has 4 heteroatoms. The molecule has 0 aliphatic rings. The van der Waals surface area contributed by atoms with Gasteiger partial charge in [0, 0.05) is 5.69 Å². The van der Waals surface area contributed by atoms with Crippen molar-refractivity contribution >= 4 is 17.3 Å². The molecule has 2 rings (SSSR count). The lowest BCUT2D eigenvalue weighted by molar-refractivity contribution is 0.281. The van der Waals surface area contributed by atoms with Crippen LogP contribution in [0.4, 0.5) is 5.69 Å². The van der Waals surface area contributed by atoms with Gasteiger partial charge in [-0.05, 0) is 29.3 Å². The van der Waals surface area contributed by atoms with E-state index in [0.29, 0.717) is 23.1 Å². The van der Waals surface area contributed by atoms with Crippen LogP contribution in [0, 0.1) is 0 Å². The number of hydrogen-bond donors (Lipinski definition) is 2. The van der Waals surface area contributed by atoms with Crippen LogP contribution < -0.4 is 10.5 Å². The molecule has 3 nitrogen and oxygen atoms in total. The minimum Gasteiger partial charge on any atom is -0.487 e. The van der Waals surface area contributed by atoms with Crippen molar-refractivity contribution in [3.63, 3.8) is 0 Å². The zero-order valence-electron chi connectivity index (χ0n) is 9.77. The van der Waals surface area contributed by atoms with Crippen LogP contribution >= 0.6 is 11.6 Å². The monoisotopic (exact) mass is 263 g/mol. The molecule has 0 spiro atoms. The van der Waals surface area contributed by atoms with Crippen LogP contribution in [-0.2, 0) is 13.2 Å².